The molecule has 0 aliphatic rings. The van der Waals surface area contributed by atoms with Crippen LogP contribution in [0.2, 0.25) is 0 Å². The Labute approximate surface area is 154 Å². The molecule has 0 spiro atoms. The van der Waals surface area contributed by atoms with E-state index in [0.717, 1.165) is 10.9 Å². The number of benzene rings is 2. The van der Waals surface area contributed by atoms with E-state index in [1.165, 1.54) is 6.92 Å². The van der Waals surface area contributed by atoms with Gasteiger partial charge in [0.1, 0.15) is 5.75 Å². The van der Waals surface area contributed by atoms with Crippen molar-refractivity contribution in [3.8, 4) is 11.5 Å². The number of anilines is 1. The molecule has 0 atom stereocenters. The van der Waals surface area contributed by atoms with Crippen molar-refractivity contribution < 1.29 is 19.1 Å². The molecular formula is C21H25NO4. The van der Waals surface area contributed by atoms with E-state index in [4.69, 9.17) is 9.47 Å². The molecule has 0 aliphatic heterocycles. The summed E-state index contributed by atoms with van der Waals surface area (Å²) < 4.78 is 11.1. The highest BCUT2D eigenvalue weighted by atomic mass is 16.5. The fourth-order valence-corrected chi connectivity index (χ4v) is 2.79. The lowest BCUT2D eigenvalue weighted by Crippen LogP contribution is -2.23. The van der Waals surface area contributed by atoms with Crippen LogP contribution in [-0.2, 0) is 9.59 Å². The molecule has 0 N–H and O–H groups in total. The van der Waals surface area contributed by atoms with Crippen LogP contribution in [0.25, 0.3) is 10.8 Å². The van der Waals surface area contributed by atoms with Crippen molar-refractivity contribution in [3.05, 3.63) is 42.0 Å². The second-order valence-electron chi connectivity index (χ2n) is 6.21. The normalized spacial score (nSPS) is 10.5. The molecule has 26 heavy (non-hydrogen) atoms. The molecule has 0 aliphatic carbocycles. The average Bonchev–Trinajstić information content (AvgIpc) is 2.58. The molecule has 5 heteroatoms. The van der Waals surface area contributed by atoms with Crippen LogP contribution in [0.1, 0.15) is 33.3 Å². The van der Waals surface area contributed by atoms with Gasteiger partial charge in [-0.2, -0.15) is 0 Å². The van der Waals surface area contributed by atoms with E-state index in [0.29, 0.717) is 41.2 Å². The lowest BCUT2D eigenvalue weighted by Gasteiger charge is -2.25. The lowest BCUT2D eigenvalue weighted by atomic mass is 10.0. The van der Waals surface area contributed by atoms with Crippen LogP contribution >= 0.6 is 0 Å². The van der Waals surface area contributed by atoms with E-state index in [2.05, 4.69) is 6.58 Å². The van der Waals surface area contributed by atoms with E-state index in [1.807, 2.05) is 43.9 Å². The number of aryl methyl sites for hydroxylation is 1. The summed E-state index contributed by atoms with van der Waals surface area (Å²) in [4.78, 5) is 25.8. The molecular weight excluding hydrogens is 330 g/mol. The predicted octanol–water partition coefficient (Wildman–Crippen LogP) is 4.40. The zero-order valence-corrected chi connectivity index (χ0v) is 16.0. The van der Waals surface area contributed by atoms with Crippen molar-refractivity contribution in [2.24, 2.45) is 0 Å². The zero-order valence-electron chi connectivity index (χ0n) is 16.0. The quantitative estimate of drug-likeness (QED) is 0.437. The van der Waals surface area contributed by atoms with E-state index >= 15 is 0 Å². The fraction of sp³-hybridized carbons (Fsp3) is 0.333. The molecule has 138 valence electrons. The number of rotatable bonds is 6. The summed E-state index contributed by atoms with van der Waals surface area (Å²) in [7, 11) is 0. The summed E-state index contributed by atoms with van der Waals surface area (Å²) in [5.74, 6) is 0.0197. The van der Waals surface area contributed by atoms with Gasteiger partial charge in [0.2, 0.25) is 0 Å². The number of ether oxygens (including phenoxy) is 2. The molecule has 2 aromatic carbocycles. The highest BCUT2D eigenvalue weighted by Crippen LogP contribution is 2.42. The second-order valence-corrected chi connectivity index (χ2v) is 6.21. The Morgan fingerprint density at radius 3 is 2.23 bits per heavy atom. The molecule has 2 aromatic rings. The summed E-state index contributed by atoms with van der Waals surface area (Å²) in [6, 6.07) is 7.49. The van der Waals surface area contributed by atoms with Gasteiger partial charge in [-0.15, -0.1) is 0 Å². The standard InChI is InChI=1S/C21H25NO4/c1-7-22(8-2)18-12-19(25-15(6)23)17-11-14(5)9-10-16(17)20(18)26-21(24)13(3)4/h9-12H,3,7-8H2,1-2,4-6H3. The summed E-state index contributed by atoms with van der Waals surface area (Å²) >= 11 is 0. The van der Waals surface area contributed by atoms with Crippen LogP contribution < -0.4 is 14.4 Å². The van der Waals surface area contributed by atoms with Crippen molar-refractivity contribution in [2.75, 3.05) is 18.0 Å². The van der Waals surface area contributed by atoms with Crippen LogP contribution in [-0.4, -0.2) is 25.0 Å². The van der Waals surface area contributed by atoms with Crippen molar-refractivity contribution in [1.29, 1.82) is 0 Å². The Balaban J connectivity index is 2.82. The number of nitrogens with zero attached hydrogens (tertiary/aromatic N) is 1. The van der Waals surface area contributed by atoms with Gasteiger partial charge in [0.05, 0.1) is 5.69 Å². The van der Waals surface area contributed by atoms with Crippen molar-refractivity contribution in [1.82, 2.24) is 0 Å². The zero-order chi connectivity index (χ0) is 19.4. The third-order valence-electron chi connectivity index (χ3n) is 4.09. The molecule has 0 fully saturated rings. The smallest absolute Gasteiger partial charge is 0.338 e. The molecule has 0 radical (unpaired) electrons. The first-order chi connectivity index (χ1) is 12.3. The summed E-state index contributed by atoms with van der Waals surface area (Å²) in [5.41, 5.74) is 2.04. The van der Waals surface area contributed by atoms with Crippen LogP contribution in [0, 0.1) is 6.92 Å². The average molecular weight is 355 g/mol. The summed E-state index contributed by atoms with van der Waals surface area (Å²) in [5, 5.41) is 1.44. The number of hydrogen-bond donors (Lipinski definition) is 0. The number of esters is 2. The number of carbonyl (C=O) groups is 2. The third kappa shape index (κ3) is 4.04. The maximum absolute atomic E-state index is 12.2. The minimum Gasteiger partial charge on any atom is -0.426 e. The van der Waals surface area contributed by atoms with Crippen molar-refractivity contribution in [3.63, 3.8) is 0 Å². The molecule has 0 aromatic heterocycles. The Bertz CT molecular complexity index is 866. The van der Waals surface area contributed by atoms with E-state index in [-0.39, 0.29) is 0 Å². The monoisotopic (exact) mass is 355 g/mol. The molecule has 5 nitrogen and oxygen atoms in total. The second kappa shape index (κ2) is 8.04. The maximum Gasteiger partial charge on any atom is 0.338 e. The molecule has 0 saturated heterocycles. The first-order valence-electron chi connectivity index (χ1n) is 8.66. The fourth-order valence-electron chi connectivity index (χ4n) is 2.79. The number of hydrogen-bond acceptors (Lipinski definition) is 5. The van der Waals surface area contributed by atoms with Crippen LogP contribution in [0.4, 0.5) is 5.69 Å². The largest absolute Gasteiger partial charge is 0.426 e. The van der Waals surface area contributed by atoms with Gasteiger partial charge in [-0.1, -0.05) is 24.3 Å². The van der Waals surface area contributed by atoms with Crippen molar-refractivity contribution in [2.45, 2.75) is 34.6 Å². The van der Waals surface area contributed by atoms with Gasteiger partial charge in [0, 0.05) is 42.4 Å². The Morgan fingerprint density at radius 2 is 1.69 bits per heavy atom. The van der Waals surface area contributed by atoms with Crippen LogP contribution in [0.5, 0.6) is 11.5 Å². The molecule has 0 bridgehead atoms. The predicted molar refractivity (Wildman–Crippen MR) is 104 cm³/mol. The van der Waals surface area contributed by atoms with Crippen molar-refractivity contribution >= 4 is 28.4 Å². The third-order valence-corrected chi connectivity index (χ3v) is 4.09. The van der Waals surface area contributed by atoms with Gasteiger partial charge in [-0.25, -0.2) is 4.79 Å². The van der Waals surface area contributed by atoms with Gasteiger partial charge < -0.3 is 14.4 Å². The van der Waals surface area contributed by atoms with Gasteiger partial charge >= 0.3 is 11.9 Å². The first-order valence-corrected chi connectivity index (χ1v) is 8.66. The summed E-state index contributed by atoms with van der Waals surface area (Å²) in [6.07, 6.45) is 0. The SMILES string of the molecule is C=C(C)C(=O)Oc1c(N(CC)CC)cc(OC(C)=O)c2cc(C)ccc12. The van der Waals surface area contributed by atoms with Crippen LogP contribution in [0.15, 0.2) is 36.4 Å². The number of fused-ring (bicyclic) bond motifs is 1. The lowest BCUT2D eigenvalue weighted by molar-refractivity contribution is -0.132. The van der Waals surface area contributed by atoms with E-state index in [9.17, 15) is 9.59 Å². The van der Waals surface area contributed by atoms with Crippen LogP contribution in [0.3, 0.4) is 0 Å². The minimum absolute atomic E-state index is 0.319. The molecule has 2 rings (SSSR count). The Morgan fingerprint density at radius 1 is 1.04 bits per heavy atom. The Kier molecular flexibility index (Phi) is 6.03. The molecule has 0 unspecified atom stereocenters. The van der Waals surface area contributed by atoms with Gasteiger partial charge in [-0.3, -0.25) is 4.79 Å². The topological polar surface area (TPSA) is 55.8 Å². The van der Waals surface area contributed by atoms with Gasteiger partial charge in [0.15, 0.2) is 5.75 Å². The van der Waals surface area contributed by atoms with E-state index in [1.54, 1.807) is 13.0 Å². The Hall–Kier alpha value is -2.82. The highest BCUT2D eigenvalue weighted by Gasteiger charge is 2.21. The maximum atomic E-state index is 12.2. The van der Waals surface area contributed by atoms with E-state index < -0.39 is 11.9 Å². The molecule has 0 heterocycles. The highest BCUT2D eigenvalue weighted by molar-refractivity contribution is 6.02. The number of carbonyl (C=O) groups excluding carboxylic acids is 2. The molecule has 0 saturated carbocycles. The first kappa shape index (κ1) is 19.5. The van der Waals surface area contributed by atoms with Gasteiger partial charge in [0.25, 0.3) is 0 Å². The molecule has 0 amide bonds. The van der Waals surface area contributed by atoms with Gasteiger partial charge in [-0.05, 0) is 33.8 Å². The summed E-state index contributed by atoms with van der Waals surface area (Å²) in [6.45, 7) is 14.0. The minimum atomic E-state index is -0.486.